The first-order valence-corrected chi connectivity index (χ1v) is 5.72. The van der Waals surface area contributed by atoms with Crippen molar-refractivity contribution in [1.82, 2.24) is 14.8 Å². The van der Waals surface area contributed by atoms with Crippen molar-refractivity contribution < 1.29 is 0 Å². The van der Waals surface area contributed by atoms with Gasteiger partial charge in [0.05, 0.1) is 21.7 Å². The molecule has 2 heterocycles. The second kappa shape index (κ2) is 4.71. The van der Waals surface area contributed by atoms with Gasteiger partial charge in [0.1, 0.15) is 0 Å². The van der Waals surface area contributed by atoms with Crippen LogP contribution in [-0.2, 0) is 6.42 Å². The summed E-state index contributed by atoms with van der Waals surface area (Å²) in [5.74, 6) is 0. The molecule has 15 heavy (non-hydrogen) atoms. The van der Waals surface area contributed by atoms with Crippen LogP contribution >= 0.6 is 22.6 Å². The van der Waals surface area contributed by atoms with Crippen molar-refractivity contribution in [3.63, 3.8) is 0 Å². The molecule has 0 unspecified atom stereocenters. The summed E-state index contributed by atoms with van der Waals surface area (Å²) in [6, 6.07) is 2.06. The summed E-state index contributed by atoms with van der Waals surface area (Å²) >= 11 is 2.23. The monoisotopic (exact) mass is 314 g/mol. The Morgan fingerprint density at radius 3 is 2.87 bits per heavy atom. The standard InChI is InChI=1S/C10H11IN4/c11-9-5-14-15(7-9)10-3-8(1-2-12)4-13-6-10/h3-7H,1-2,12H2. The number of nitrogens with zero attached hydrogens (tertiary/aromatic N) is 3. The third kappa shape index (κ3) is 2.54. The minimum Gasteiger partial charge on any atom is -0.330 e. The third-order valence-corrected chi connectivity index (χ3v) is 2.59. The van der Waals surface area contributed by atoms with E-state index in [0.717, 1.165) is 21.2 Å². The Bertz CT molecular complexity index is 452. The van der Waals surface area contributed by atoms with E-state index in [2.05, 4.69) is 38.7 Å². The van der Waals surface area contributed by atoms with Crippen LogP contribution in [-0.4, -0.2) is 21.3 Å². The number of hydrogen-bond donors (Lipinski definition) is 1. The SMILES string of the molecule is NCCc1cncc(-n2cc(I)cn2)c1. The molecule has 0 aliphatic rings. The lowest BCUT2D eigenvalue weighted by Gasteiger charge is -2.03. The van der Waals surface area contributed by atoms with Gasteiger partial charge in [-0.3, -0.25) is 4.98 Å². The number of nitrogens with two attached hydrogens (primary N) is 1. The molecule has 0 bridgehead atoms. The van der Waals surface area contributed by atoms with E-state index in [4.69, 9.17) is 5.73 Å². The van der Waals surface area contributed by atoms with Crippen LogP contribution in [0, 0.1) is 3.57 Å². The van der Waals surface area contributed by atoms with E-state index in [1.165, 1.54) is 0 Å². The normalized spacial score (nSPS) is 10.5. The molecule has 2 aromatic rings. The molecule has 0 saturated heterocycles. The lowest BCUT2D eigenvalue weighted by Crippen LogP contribution is -2.04. The predicted octanol–water partition coefficient (Wildman–Crippen LogP) is 1.37. The number of halogens is 1. The van der Waals surface area contributed by atoms with Crippen LogP contribution in [0.4, 0.5) is 0 Å². The second-order valence-electron chi connectivity index (χ2n) is 3.19. The zero-order valence-corrected chi connectivity index (χ0v) is 10.3. The Balaban J connectivity index is 2.32. The van der Waals surface area contributed by atoms with Gasteiger partial charge in [0.25, 0.3) is 0 Å². The first kappa shape index (κ1) is 10.6. The summed E-state index contributed by atoms with van der Waals surface area (Å²) in [7, 11) is 0. The zero-order valence-electron chi connectivity index (χ0n) is 8.10. The van der Waals surface area contributed by atoms with Gasteiger partial charge in [-0.15, -0.1) is 0 Å². The van der Waals surface area contributed by atoms with E-state index in [0.29, 0.717) is 6.54 Å². The first-order valence-electron chi connectivity index (χ1n) is 4.64. The predicted molar refractivity (Wildman–Crippen MR) is 66.8 cm³/mol. The molecule has 0 spiro atoms. The molecule has 0 fully saturated rings. The van der Waals surface area contributed by atoms with E-state index in [1.54, 1.807) is 6.20 Å². The van der Waals surface area contributed by atoms with Gasteiger partial charge in [-0.2, -0.15) is 5.10 Å². The molecule has 0 atom stereocenters. The molecular weight excluding hydrogens is 303 g/mol. The van der Waals surface area contributed by atoms with Crippen molar-refractivity contribution >= 4 is 22.6 Å². The maximum Gasteiger partial charge on any atom is 0.0831 e. The fourth-order valence-electron chi connectivity index (χ4n) is 1.34. The fourth-order valence-corrected chi connectivity index (χ4v) is 1.73. The number of pyridine rings is 1. The van der Waals surface area contributed by atoms with Gasteiger partial charge in [0.2, 0.25) is 0 Å². The van der Waals surface area contributed by atoms with Crippen LogP contribution in [0.15, 0.2) is 30.9 Å². The number of aromatic nitrogens is 3. The van der Waals surface area contributed by atoms with E-state index < -0.39 is 0 Å². The molecule has 0 amide bonds. The Hall–Kier alpha value is -0.950. The maximum absolute atomic E-state index is 5.50. The van der Waals surface area contributed by atoms with Crippen molar-refractivity contribution in [3.8, 4) is 5.69 Å². The molecule has 0 aliphatic heterocycles. The third-order valence-electron chi connectivity index (χ3n) is 2.03. The van der Waals surface area contributed by atoms with E-state index in [1.807, 2.05) is 23.3 Å². The van der Waals surface area contributed by atoms with Crippen molar-refractivity contribution in [1.29, 1.82) is 0 Å². The van der Waals surface area contributed by atoms with Crippen LogP contribution in [0.5, 0.6) is 0 Å². The molecule has 2 N–H and O–H groups in total. The quantitative estimate of drug-likeness (QED) is 0.871. The molecule has 0 saturated carbocycles. The Morgan fingerprint density at radius 1 is 1.33 bits per heavy atom. The maximum atomic E-state index is 5.50. The Kier molecular flexibility index (Phi) is 3.32. The molecule has 5 heteroatoms. The molecule has 0 aromatic carbocycles. The van der Waals surface area contributed by atoms with Crippen LogP contribution in [0.3, 0.4) is 0 Å². The summed E-state index contributed by atoms with van der Waals surface area (Å²) < 4.78 is 2.92. The van der Waals surface area contributed by atoms with Crippen LogP contribution < -0.4 is 5.73 Å². The summed E-state index contributed by atoms with van der Waals surface area (Å²) in [5.41, 5.74) is 7.62. The largest absolute Gasteiger partial charge is 0.330 e. The van der Waals surface area contributed by atoms with Gasteiger partial charge in [-0.25, -0.2) is 4.68 Å². The highest BCUT2D eigenvalue weighted by Gasteiger charge is 2.00. The molecule has 2 rings (SSSR count). The van der Waals surface area contributed by atoms with Crippen molar-refractivity contribution in [2.75, 3.05) is 6.54 Å². The van der Waals surface area contributed by atoms with Gasteiger partial charge in [-0.05, 0) is 47.2 Å². The Labute approximate surface area is 102 Å². The lowest BCUT2D eigenvalue weighted by atomic mass is 10.2. The van der Waals surface area contributed by atoms with E-state index >= 15 is 0 Å². The molecule has 0 aliphatic carbocycles. The average molecular weight is 314 g/mol. The molecule has 2 aromatic heterocycles. The second-order valence-corrected chi connectivity index (χ2v) is 4.44. The summed E-state index contributed by atoms with van der Waals surface area (Å²) in [6.07, 6.45) is 8.26. The van der Waals surface area contributed by atoms with Crippen molar-refractivity contribution in [3.05, 3.63) is 40.0 Å². The smallest absolute Gasteiger partial charge is 0.0831 e. The lowest BCUT2D eigenvalue weighted by molar-refractivity contribution is 0.864. The number of rotatable bonds is 3. The summed E-state index contributed by atoms with van der Waals surface area (Å²) in [4.78, 5) is 4.17. The van der Waals surface area contributed by atoms with Gasteiger partial charge in [0, 0.05) is 12.4 Å². The summed E-state index contributed by atoms with van der Waals surface area (Å²) in [6.45, 7) is 0.641. The Morgan fingerprint density at radius 2 is 2.20 bits per heavy atom. The first-order chi connectivity index (χ1) is 7.29. The minimum absolute atomic E-state index is 0.641. The summed E-state index contributed by atoms with van der Waals surface area (Å²) in [5, 5.41) is 4.23. The van der Waals surface area contributed by atoms with Crippen LogP contribution in [0.25, 0.3) is 5.69 Å². The highest BCUT2D eigenvalue weighted by atomic mass is 127. The highest BCUT2D eigenvalue weighted by molar-refractivity contribution is 14.1. The van der Waals surface area contributed by atoms with Crippen LogP contribution in [0.1, 0.15) is 5.56 Å². The zero-order chi connectivity index (χ0) is 10.7. The number of hydrogen-bond acceptors (Lipinski definition) is 3. The molecule has 0 radical (unpaired) electrons. The topological polar surface area (TPSA) is 56.7 Å². The minimum atomic E-state index is 0.641. The van der Waals surface area contributed by atoms with Gasteiger partial charge < -0.3 is 5.73 Å². The van der Waals surface area contributed by atoms with Gasteiger partial charge in [0.15, 0.2) is 0 Å². The van der Waals surface area contributed by atoms with Gasteiger partial charge >= 0.3 is 0 Å². The van der Waals surface area contributed by atoms with Crippen LogP contribution in [0.2, 0.25) is 0 Å². The van der Waals surface area contributed by atoms with Crippen molar-refractivity contribution in [2.24, 2.45) is 5.73 Å². The molecule has 78 valence electrons. The molecular formula is C10H11IN4. The van der Waals surface area contributed by atoms with E-state index in [-0.39, 0.29) is 0 Å². The average Bonchev–Trinajstić information content (AvgIpc) is 2.66. The van der Waals surface area contributed by atoms with Crippen molar-refractivity contribution in [2.45, 2.75) is 6.42 Å². The highest BCUT2D eigenvalue weighted by Crippen LogP contribution is 2.10. The van der Waals surface area contributed by atoms with E-state index in [9.17, 15) is 0 Å². The molecule has 4 nitrogen and oxygen atoms in total. The fraction of sp³-hybridized carbons (Fsp3) is 0.200. The van der Waals surface area contributed by atoms with Gasteiger partial charge in [-0.1, -0.05) is 0 Å².